The van der Waals surface area contributed by atoms with E-state index in [1.807, 2.05) is 0 Å². The predicted octanol–water partition coefficient (Wildman–Crippen LogP) is 1.85. The Kier molecular flexibility index (Phi) is 4.01. The van der Waals surface area contributed by atoms with Crippen molar-refractivity contribution in [2.45, 2.75) is 37.6 Å². The lowest BCUT2D eigenvalue weighted by Crippen LogP contribution is -2.55. The highest BCUT2D eigenvalue weighted by atomic mass is 19.1. The van der Waals surface area contributed by atoms with Gasteiger partial charge in [0.05, 0.1) is 11.1 Å². The van der Waals surface area contributed by atoms with Gasteiger partial charge in [-0.25, -0.2) is 4.39 Å². The average Bonchev–Trinajstić information content (AvgIpc) is 2.96. The Morgan fingerprint density at radius 2 is 2.12 bits per heavy atom. The van der Waals surface area contributed by atoms with E-state index in [1.54, 1.807) is 6.07 Å². The van der Waals surface area contributed by atoms with Crippen LogP contribution in [0.4, 0.5) is 4.39 Å². The molecule has 2 heterocycles. The number of carbonyl (C=O) groups is 2. The monoisotopic (exact) mass is 357 g/mol. The first-order valence-corrected chi connectivity index (χ1v) is 8.89. The molecule has 1 saturated heterocycles. The second-order valence-electron chi connectivity index (χ2n) is 7.28. The molecular weight excluding hydrogens is 337 g/mol. The van der Waals surface area contributed by atoms with Gasteiger partial charge in [0.1, 0.15) is 5.82 Å². The van der Waals surface area contributed by atoms with Crippen molar-refractivity contribution in [1.29, 1.82) is 0 Å². The van der Waals surface area contributed by atoms with Crippen molar-refractivity contribution >= 4 is 22.7 Å². The number of hydrogen-bond donors (Lipinski definition) is 3. The van der Waals surface area contributed by atoms with Crippen LogP contribution in [0.25, 0.3) is 10.9 Å². The first-order valence-electron chi connectivity index (χ1n) is 8.89. The lowest BCUT2D eigenvalue weighted by Gasteiger charge is -2.39. The zero-order valence-corrected chi connectivity index (χ0v) is 14.2. The highest BCUT2D eigenvalue weighted by molar-refractivity contribution is 5.98. The largest absolute Gasteiger partial charge is 0.350 e. The number of aromatic nitrogens is 1. The molecule has 1 aromatic heterocycles. The van der Waals surface area contributed by atoms with Crippen molar-refractivity contribution in [1.82, 2.24) is 15.6 Å². The van der Waals surface area contributed by atoms with Crippen LogP contribution in [0, 0.1) is 11.7 Å². The molecule has 26 heavy (non-hydrogen) atoms. The summed E-state index contributed by atoms with van der Waals surface area (Å²) in [5.41, 5.74) is -0.503. The van der Waals surface area contributed by atoms with Crippen LogP contribution in [-0.2, 0) is 4.79 Å². The molecule has 2 aliphatic rings. The molecule has 1 aromatic carbocycles. The second-order valence-corrected chi connectivity index (χ2v) is 7.28. The van der Waals surface area contributed by atoms with Crippen LogP contribution < -0.4 is 16.2 Å². The van der Waals surface area contributed by atoms with Gasteiger partial charge in [-0.2, -0.15) is 0 Å². The number of pyridine rings is 1. The maximum absolute atomic E-state index is 14.2. The van der Waals surface area contributed by atoms with Crippen molar-refractivity contribution in [3.05, 3.63) is 46.0 Å². The summed E-state index contributed by atoms with van der Waals surface area (Å²) in [4.78, 5) is 38.2. The number of carbonyl (C=O) groups excluding carboxylic acids is 2. The van der Waals surface area contributed by atoms with E-state index < -0.39 is 17.3 Å². The third-order valence-corrected chi connectivity index (χ3v) is 5.64. The summed E-state index contributed by atoms with van der Waals surface area (Å²) in [5.74, 6) is -0.764. The van der Waals surface area contributed by atoms with Gasteiger partial charge < -0.3 is 15.6 Å². The number of hydrogen-bond acceptors (Lipinski definition) is 3. The molecule has 0 bridgehead atoms. The molecule has 0 spiro atoms. The Balaban J connectivity index is 1.55. The average molecular weight is 357 g/mol. The summed E-state index contributed by atoms with van der Waals surface area (Å²) in [5, 5.41) is 6.37. The molecule has 0 unspecified atom stereocenters. The number of nitrogens with one attached hydrogen (secondary N) is 3. The van der Waals surface area contributed by atoms with Crippen LogP contribution in [0.1, 0.15) is 42.5 Å². The van der Waals surface area contributed by atoms with Crippen LogP contribution in [0.3, 0.4) is 0 Å². The molecule has 2 fully saturated rings. The van der Waals surface area contributed by atoms with Gasteiger partial charge in [-0.3, -0.25) is 14.4 Å². The number of rotatable bonds is 3. The molecule has 2 aromatic rings. The van der Waals surface area contributed by atoms with E-state index in [2.05, 4.69) is 15.6 Å². The molecule has 1 aliphatic carbocycles. The maximum atomic E-state index is 14.2. The van der Waals surface area contributed by atoms with E-state index in [0.717, 1.165) is 31.7 Å². The third kappa shape index (κ3) is 2.87. The first-order chi connectivity index (χ1) is 12.5. The zero-order valence-electron chi connectivity index (χ0n) is 14.2. The number of benzene rings is 1. The van der Waals surface area contributed by atoms with Gasteiger partial charge in [-0.15, -0.1) is 0 Å². The predicted molar refractivity (Wildman–Crippen MR) is 94.3 cm³/mol. The molecule has 2 atom stereocenters. The fourth-order valence-electron chi connectivity index (χ4n) is 4.30. The van der Waals surface area contributed by atoms with Gasteiger partial charge in [0.25, 0.3) is 5.91 Å². The van der Waals surface area contributed by atoms with Crippen molar-refractivity contribution in [2.75, 3.05) is 6.54 Å². The topological polar surface area (TPSA) is 91.1 Å². The van der Waals surface area contributed by atoms with E-state index in [9.17, 15) is 18.8 Å². The third-order valence-electron chi connectivity index (χ3n) is 5.64. The SMILES string of the molecule is O=C1C[C@@H]2CCCC[C@]2(CNC(=O)c2cc(F)c3[nH]c(=O)ccc3c2)N1. The Morgan fingerprint density at radius 1 is 1.27 bits per heavy atom. The Hall–Kier alpha value is -2.70. The summed E-state index contributed by atoms with van der Waals surface area (Å²) in [6, 6.07) is 5.45. The first kappa shape index (κ1) is 16.8. The summed E-state index contributed by atoms with van der Waals surface area (Å²) >= 11 is 0. The summed E-state index contributed by atoms with van der Waals surface area (Å²) < 4.78 is 14.2. The molecule has 6 nitrogen and oxygen atoms in total. The molecule has 4 rings (SSSR count). The number of amides is 2. The molecular formula is C19H20FN3O3. The Labute approximate surface area is 149 Å². The minimum atomic E-state index is -0.645. The van der Waals surface area contributed by atoms with Crippen LogP contribution in [-0.4, -0.2) is 28.9 Å². The standard InChI is InChI=1S/C19H20FN3O3/c20-14-8-12(7-11-4-5-15(24)22-17(11)14)18(26)21-10-19-6-2-1-3-13(19)9-16(25)23-19/h4-5,7-8,13H,1-3,6,9-10H2,(H,21,26)(H,22,24)(H,23,25)/t13-,19+/m0/s1. The highest BCUT2D eigenvalue weighted by Crippen LogP contribution is 2.39. The van der Waals surface area contributed by atoms with Gasteiger partial charge in [0, 0.05) is 30.0 Å². The van der Waals surface area contributed by atoms with Crippen molar-refractivity contribution < 1.29 is 14.0 Å². The quantitative estimate of drug-likeness (QED) is 0.783. The minimum Gasteiger partial charge on any atom is -0.350 e. The second kappa shape index (κ2) is 6.23. The number of aromatic amines is 1. The molecule has 0 radical (unpaired) electrons. The number of halogens is 1. The van der Waals surface area contributed by atoms with E-state index >= 15 is 0 Å². The maximum Gasteiger partial charge on any atom is 0.251 e. The molecule has 7 heteroatoms. The van der Waals surface area contributed by atoms with E-state index in [1.165, 1.54) is 12.1 Å². The van der Waals surface area contributed by atoms with Crippen molar-refractivity contribution in [3.63, 3.8) is 0 Å². The molecule has 1 aliphatic heterocycles. The number of H-pyrrole nitrogens is 1. The van der Waals surface area contributed by atoms with Gasteiger partial charge >= 0.3 is 0 Å². The summed E-state index contributed by atoms with van der Waals surface area (Å²) in [6.45, 7) is 0.341. The zero-order chi connectivity index (χ0) is 18.3. The van der Waals surface area contributed by atoms with Gasteiger partial charge in [-0.05, 0) is 37.0 Å². The van der Waals surface area contributed by atoms with Crippen LogP contribution in [0.2, 0.25) is 0 Å². The molecule has 2 amide bonds. The van der Waals surface area contributed by atoms with E-state index in [-0.39, 0.29) is 28.4 Å². The van der Waals surface area contributed by atoms with Crippen molar-refractivity contribution in [3.8, 4) is 0 Å². The van der Waals surface area contributed by atoms with E-state index in [4.69, 9.17) is 0 Å². The fourth-order valence-corrected chi connectivity index (χ4v) is 4.30. The highest BCUT2D eigenvalue weighted by Gasteiger charge is 2.47. The summed E-state index contributed by atoms with van der Waals surface area (Å²) in [6.07, 6.45) is 4.45. The van der Waals surface area contributed by atoms with Gasteiger partial charge in [0.2, 0.25) is 11.5 Å². The molecule has 136 valence electrons. The normalized spacial score (nSPS) is 25.0. The molecule has 1 saturated carbocycles. The molecule has 3 N–H and O–H groups in total. The minimum absolute atomic E-state index is 0.0341. The van der Waals surface area contributed by atoms with Crippen LogP contribution in [0.5, 0.6) is 0 Å². The van der Waals surface area contributed by atoms with E-state index in [0.29, 0.717) is 18.4 Å². The number of fused-ring (bicyclic) bond motifs is 2. The lowest BCUT2D eigenvalue weighted by atomic mass is 9.74. The Bertz CT molecular complexity index is 955. The lowest BCUT2D eigenvalue weighted by molar-refractivity contribution is -0.119. The summed E-state index contributed by atoms with van der Waals surface area (Å²) in [7, 11) is 0. The smallest absolute Gasteiger partial charge is 0.251 e. The van der Waals surface area contributed by atoms with Crippen LogP contribution >= 0.6 is 0 Å². The Morgan fingerprint density at radius 3 is 2.96 bits per heavy atom. The van der Waals surface area contributed by atoms with Gasteiger partial charge in [0.15, 0.2) is 0 Å². The van der Waals surface area contributed by atoms with Crippen molar-refractivity contribution in [2.24, 2.45) is 5.92 Å². The van der Waals surface area contributed by atoms with Crippen LogP contribution in [0.15, 0.2) is 29.1 Å². The fraction of sp³-hybridized carbons (Fsp3) is 0.421. The van der Waals surface area contributed by atoms with Gasteiger partial charge in [-0.1, -0.05) is 12.8 Å².